The van der Waals surface area contributed by atoms with E-state index < -0.39 is 16.2 Å². The van der Waals surface area contributed by atoms with E-state index in [-0.39, 0.29) is 23.4 Å². The van der Waals surface area contributed by atoms with Crippen molar-refractivity contribution in [3.05, 3.63) is 78.4 Å². The van der Waals surface area contributed by atoms with E-state index in [0.29, 0.717) is 27.9 Å². The van der Waals surface area contributed by atoms with Gasteiger partial charge < -0.3 is 18.9 Å². The standard InChI is InChI=1S/C21H16ClN3O6/c1-29-11-15-14(10-23)21(26)24-17(20(15)25(27)28)6-4-13-5-8-18(31-13)12-3-7-19(30-2)16(22)9-12/h3-9H,11H2,1-2H3,(H,24,26). The van der Waals surface area contributed by atoms with Gasteiger partial charge in [-0.15, -0.1) is 0 Å². The SMILES string of the molecule is COCc1c([N+](=O)[O-])c(C=Cc2ccc(-c3ccc(OC)c(Cl)c3)o2)[nH]c(=O)c1C#N. The third-order valence-corrected chi connectivity index (χ3v) is 4.67. The molecule has 0 fully saturated rings. The molecule has 158 valence electrons. The van der Waals surface area contributed by atoms with Gasteiger partial charge in [0.2, 0.25) is 0 Å². The number of aromatic amines is 1. The van der Waals surface area contributed by atoms with Gasteiger partial charge in [0.15, 0.2) is 0 Å². The van der Waals surface area contributed by atoms with Crippen LogP contribution in [0.1, 0.15) is 22.6 Å². The summed E-state index contributed by atoms with van der Waals surface area (Å²) in [7, 11) is 2.83. The van der Waals surface area contributed by atoms with Crippen LogP contribution in [0.4, 0.5) is 5.69 Å². The second-order valence-electron chi connectivity index (χ2n) is 6.26. The van der Waals surface area contributed by atoms with Gasteiger partial charge in [-0.25, -0.2) is 0 Å². The zero-order chi connectivity index (χ0) is 22.5. The predicted molar refractivity (Wildman–Crippen MR) is 114 cm³/mol. The molecule has 0 saturated heterocycles. The number of nitrogens with one attached hydrogen (secondary N) is 1. The molecule has 3 rings (SSSR count). The van der Waals surface area contributed by atoms with Crippen molar-refractivity contribution in [3.8, 4) is 23.1 Å². The van der Waals surface area contributed by atoms with Crippen molar-refractivity contribution in [1.29, 1.82) is 5.26 Å². The molecular weight excluding hydrogens is 426 g/mol. The van der Waals surface area contributed by atoms with Gasteiger partial charge in [0.05, 0.1) is 29.2 Å². The molecule has 9 nitrogen and oxygen atoms in total. The van der Waals surface area contributed by atoms with E-state index in [1.807, 2.05) is 0 Å². The van der Waals surface area contributed by atoms with Gasteiger partial charge in [0.1, 0.15) is 34.6 Å². The first-order valence-corrected chi connectivity index (χ1v) is 9.21. The number of nitro groups is 1. The molecule has 0 unspecified atom stereocenters. The summed E-state index contributed by atoms with van der Waals surface area (Å²) < 4.78 is 15.8. The van der Waals surface area contributed by atoms with Gasteiger partial charge in [0.25, 0.3) is 11.2 Å². The summed E-state index contributed by atoms with van der Waals surface area (Å²) in [5.74, 6) is 1.43. The van der Waals surface area contributed by atoms with Gasteiger partial charge in [-0.1, -0.05) is 11.6 Å². The highest BCUT2D eigenvalue weighted by Gasteiger charge is 2.25. The van der Waals surface area contributed by atoms with Crippen LogP contribution < -0.4 is 10.3 Å². The average Bonchev–Trinajstić information content (AvgIpc) is 3.21. The Bertz CT molecular complexity index is 1270. The van der Waals surface area contributed by atoms with Crippen LogP contribution in [0.2, 0.25) is 5.02 Å². The molecule has 0 spiro atoms. The highest BCUT2D eigenvalue weighted by molar-refractivity contribution is 6.32. The molecule has 3 aromatic rings. The summed E-state index contributed by atoms with van der Waals surface area (Å²) in [5.41, 5.74) is -0.971. The Kier molecular flexibility index (Phi) is 6.55. The maximum atomic E-state index is 12.2. The monoisotopic (exact) mass is 441 g/mol. The minimum Gasteiger partial charge on any atom is -0.495 e. The van der Waals surface area contributed by atoms with Crippen molar-refractivity contribution in [2.24, 2.45) is 0 Å². The van der Waals surface area contributed by atoms with Crippen LogP contribution in [-0.4, -0.2) is 24.1 Å². The number of benzene rings is 1. The van der Waals surface area contributed by atoms with Crippen molar-refractivity contribution in [3.63, 3.8) is 0 Å². The number of pyridine rings is 1. The minimum atomic E-state index is -0.743. The molecular formula is C21H16ClN3O6. The molecule has 0 aliphatic carbocycles. The van der Waals surface area contributed by atoms with Gasteiger partial charge in [-0.2, -0.15) is 5.26 Å². The number of nitrogens with zero attached hydrogens (tertiary/aromatic N) is 2. The number of H-pyrrole nitrogens is 1. The van der Waals surface area contributed by atoms with Crippen molar-refractivity contribution >= 4 is 29.4 Å². The Hall–Kier alpha value is -3.87. The molecule has 1 N–H and O–H groups in total. The van der Waals surface area contributed by atoms with Gasteiger partial charge in [0, 0.05) is 12.7 Å². The van der Waals surface area contributed by atoms with Gasteiger partial charge >= 0.3 is 0 Å². The third-order valence-electron chi connectivity index (χ3n) is 4.38. The van der Waals surface area contributed by atoms with Crippen LogP contribution in [0.5, 0.6) is 5.75 Å². The number of hydrogen-bond acceptors (Lipinski definition) is 7. The van der Waals surface area contributed by atoms with Crippen LogP contribution in [0.3, 0.4) is 0 Å². The molecule has 0 aliphatic heterocycles. The minimum absolute atomic E-state index is 0.0773. The normalized spacial score (nSPS) is 10.9. The molecule has 0 saturated carbocycles. The van der Waals surface area contributed by atoms with Crippen molar-refractivity contribution in [2.45, 2.75) is 6.61 Å². The van der Waals surface area contributed by atoms with Crippen LogP contribution in [0, 0.1) is 21.4 Å². The largest absolute Gasteiger partial charge is 0.495 e. The number of aromatic nitrogens is 1. The Labute approximate surface area is 181 Å². The smallest absolute Gasteiger partial charge is 0.299 e. The Morgan fingerprint density at radius 2 is 2.06 bits per heavy atom. The van der Waals surface area contributed by atoms with Gasteiger partial charge in [-0.05, 0) is 42.5 Å². The zero-order valence-electron chi connectivity index (χ0n) is 16.5. The summed E-state index contributed by atoms with van der Waals surface area (Å²) in [5, 5.41) is 21.2. The average molecular weight is 442 g/mol. The number of ether oxygens (including phenoxy) is 2. The van der Waals surface area contributed by atoms with Crippen molar-refractivity contribution in [1.82, 2.24) is 4.98 Å². The molecule has 2 aromatic heterocycles. The summed E-state index contributed by atoms with van der Waals surface area (Å²) in [4.78, 5) is 25.5. The van der Waals surface area contributed by atoms with Crippen LogP contribution in [0.25, 0.3) is 23.5 Å². The zero-order valence-corrected chi connectivity index (χ0v) is 17.2. The molecule has 0 atom stereocenters. The molecule has 1 aromatic carbocycles. The molecule has 10 heteroatoms. The maximum Gasteiger partial charge on any atom is 0.299 e. The fourth-order valence-electron chi connectivity index (χ4n) is 2.98. The van der Waals surface area contributed by atoms with Crippen LogP contribution in [0.15, 0.2) is 39.5 Å². The second kappa shape index (κ2) is 9.30. The molecule has 0 radical (unpaired) electrons. The van der Waals surface area contributed by atoms with E-state index >= 15 is 0 Å². The van der Waals surface area contributed by atoms with E-state index in [1.165, 1.54) is 26.4 Å². The Morgan fingerprint density at radius 1 is 1.29 bits per heavy atom. The number of halogens is 1. The van der Waals surface area contributed by atoms with E-state index in [9.17, 15) is 20.2 Å². The lowest BCUT2D eigenvalue weighted by atomic mass is 10.1. The number of rotatable bonds is 7. The molecule has 0 bridgehead atoms. The van der Waals surface area contributed by atoms with Crippen molar-refractivity contribution < 1.29 is 18.8 Å². The second-order valence-corrected chi connectivity index (χ2v) is 6.66. The first-order chi connectivity index (χ1) is 14.9. The van der Waals surface area contributed by atoms with Crippen LogP contribution >= 0.6 is 11.6 Å². The fraction of sp³-hybridized carbons (Fsp3) is 0.143. The first kappa shape index (κ1) is 21.8. The molecule has 0 aliphatic rings. The Balaban J connectivity index is 1.99. The highest BCUT2D eigenvalue weighted by atomic mass is 35.5. The lowest BCUT2D eigenvalue weighted by Gasteiger charge is -2.06. The topological polar surface area (TPSA) is 131 Å². The number of methoxy groups -OCH3 is 2. The van der Waals surface area contributed by atoms with E-state index in [1.54, 1.807) is 36.4 Å². The van der Waals surface area contributed by atoms with Crippen LogP contribution in [-0.2, 0) is 11.3 Å². The quantitative estimate of drug-likeness (QED) is 0.424. The first-order valence-electron chi connectivity index (χ1n) is 8.84. The van der Waals surface area contributed by atoms with E-state index in [2.05, 4.69) is 4.98 Å². The maximum absolute atomic E-state index is 12.2. The number of nitriles is 1. The summed E-state index contributed by atoms with van der Waals surface area (Å²) in [6.07, 6.45) is 2.80. The number of furan rings is 1. The molecule has 0 amide bonds. The van der Waals surface area contributed by atoms with Gasteiger partial charge in [-0.3, -0.25) is 14.9 Å². The third kappa shape index (κ3) is 4.50. The molecule has 31 heavy (non-hydrogen) atoms. The Morgan fingerprint density at radius 3 is 2.68 bits per heavy atom. The van der Waals surface area contributed by atoms with E-state index in [4.69, 9.17) is 25.5 Å². The van der Waals surface area contributed by atoms with E-state index in [0.717, 1.165) is 0 Å². The number of hydrogen-bond donors (Lipinski definition) is 1. The predicted octanol–water partition coefficient (Wildman–Crippen LogP) is 4.39. The van der Waals surface area contributed by atoms with Crippen molar-refractivity contribution in [2.75, 3.05) is 14.2 Å². The molecule has 2 heterocycles. The summed E-state index contributed by atoms with van der Waals surface area (Å²) in [6.45, 7) is -0.257. The lowest BCUT2D eigenvalue weighted by molar-refractivity contribution is -0.386. The lowest BCUT2D eigenvalue weighted by Crippen LogP contribution is -2.18. The highest BCUT2D eigenvalue weighted by Crippen LogP contribution is 2.32. The summed E-state index contributed by atoms with van der Waals surface area (Å²) >= 11 is 6.14. The summed E-state index contributed by atoms with van der Waals surface area (Å²) in [6, 6.07) is 10.2. The fourth-order valence-corrected chi connectivity index (χ4v) is 3.23.